The molecule has 0 aromatic heterocycles. The van der Waals surface area contributed by atoms with Crippen LogP contribution in [-0.4, -0.2) is 15.0 Å². The van der Waals surface area contributed by atoms with Crippen LogP contribution in [0.5, 0.6) is 0 Å². The Morgan fingerprint density at radius 2 is 1.86 bits per heavy atom. The average molecular weight is 401 g/mol. The fourth-order valence-electron chi connectivity index (χ4n) is 1.94. The van der Waals surface area contributed by atoms with Crippen LogP contribution in [0.25, 0.3) is 0 Å². The Hall–Kier alpha value is -1.30. The van der Waals surface area contributed by atoms with Crippen LogP contribution in [0.3, 0.4) is 0 Å². The molecule has 0 aliphatic heterocycles. The Morgan fingerprint density at radius 1 is 1.23 bits per heavy atom. The fraction of sp³-hybridized carbons (Fsp3) is 0.125. The predicted molar refractivity (Wildman–Crippen MR) is 95.1 cm³/mol. The maximum Gasteiger partial charge on any atom is 0.264 e. The first-order chi connectivity index (χ1) is 10.4. The molecule has 0 unspecified atom stereocenters. The molecule has 2 aromatic rings. The van der Waals surface area contributed by atoms with Gasteiger partial charge in [-0.05, 0) is 53.2 Å². The molecule has 0 N–H and O–H groups in total. The second-order valence-electron chi connectivity index (χ2n) is 4.74. The highest BCUT2D eigenvalue weighted by Crippen LogP contribution is 2.30. The van der Waals surface area contributed by atoms with Crippen molar-refractivity contribution in [3.8, 4) is 0 Å². The molecular formula is C16H15BrClNO2S. The highest BCUT2D eigenvalue weighted by atomic mass is 79.9. The van der Waals surface area contributed by atoms with Crippen LogP contribution in [0, 0.1) is 6.92 Å². The number of sulfonamides is 1. The molecule has 116 valence electrons. The lowest BCUT2D eigenvalue weighted by molar-refractivity contribution is 0.593. The van der Waals surface area contributed by atoms with Gasteiger partial charge in [-0.1, -0.05) is 35.4 Å². The summed E-state index contributed by atoms with van der Waals surface area (Å²) < 4.78 is 27.7. The number of nitrogens with zero attached hydrogens (tertiary/aromatic N) is 1. The van der Waals surface area contributed by atoms with E-state index in [1.165, 1.54) is 4.31 Å². The maximum absolute atomic E-state index is 12.9. The Kier molecular flexibility index (Phi) is 5.32. The van der Waals surface area contributed by atoms with Crippen LogP contribution in [0.1, 0.15) is 5.56 Å². The largest absolute Gasteiger partial charge is 0.264 e. The first-order valence-corrected chi connectivity index (χ1v) is 9.12. The lowest BCUT2D eigenvalue weighted by atomic mass is 10.2. The number of aryl methyl sites for hydroxylation is 1. The van der Waals surface area contributed by atoms with Gasteiger partial charge in [0.05, 0.1) is 22.2 Å². The van der Waals surface area contributed by atoms with Gasteiger partial charge < -0.3 is 0 Å². The van der Waals surface area contributed by atoms with E-state index < -0.39 is 10.0 Å². The van der Waals surface area contributed by atoms with E-state index in [2.05, 4.69) is 22.5 Å². The molecule has 0 amide bonds. The van der Waals surface area contributed by atoms with Crippen molar-refractivity contribution in [2.45, 2.75) is 11.8 Å². The number of anilines is 1. The zero-order chi connectivity index (χ0) is 16.3. The maximum atomic E-state index is 12.9. The van der Waals surface area contributed by atoms with E-state index in [1.807, 2.05) is 6.92 Å². The number of hydrogen-bond donors (Lipinski definition) is 0. The molecule has 0 radical (unpaired) electrons. The van der Waals surface area contributed by atoms with Crippen LogP contribution in [0.4, 0.5) is 5.69 Å². The van der Waals surface area contributed by atoms with Crippen LogP contribution < -0.4 is 4.31 Å². The van der Waals surface area contributed by atoms with Gasteiger partial charge in [-0.3, -0.25) is 4.31 Å². The summed E-state index contributed by atoms with van der Waals surface area (Å²) in [4.78, 5) is 0.235. The van der Waals surface area contributed by atoms with Crippen molar-refractivity contribution in [3.05, 3.63) is 70.2 Å². The minimum atomic E-state index is -3.67. The van der Waals surface area contributed by atoms with E-state index in [9.17, 15) is 8.42 Å². The van der Waals surface area contributed by atoms with Gasteiger partial charge in [-0.25, -0.2) is 8.42 Å². The van der Waals surface area contributed by atoms with Gasteiger partial charge in [-0.2, -0.15) is 0 Å². The molecule has 2 aromatic carbocycles. The molecular weight excluding hydrogens is 386 g/mol. The summed E-state index contributed by atoms with van der Waals surface area (Å²) in [7, 11) is -3.67. The zero-order valence-corrected chi connectivity index (χ0v) is 15.1. The van der Waals surface area contributed by atoms with Crippen molar-refractivity contribution in [1.82, 2.24) is 0 Å². The minimum Gasteiger partial charge on any atom is -0.262 e. The van der Waals surface area contributed by atoms with Crippen molar-refractivity contribution in [2.24, 2.45) is 0 Å². The second kappa shape index (κ2) is 6.86. The molecule has 0 spiro atoms. The molecule has 0 saturated carbocycles. The number of halogens is 2. The number of benzene rings is 2. The van der Waals surface area contributed by atoms with Gasteiger partial charge in [0.2, 0.25) is 0 Å². The third kappa shape index (κ3) is 3.54. The molecule has 0 fully saturated rings. The van der Waals surface area contributed by atoms with Crippen LogP contribution >= 0.6 is 27.5 Å². The van der Waals surface area contributed by atoms with E-state index in [4.69, 9.17) is 11.6 Å². The molecule has 22 heavy (non-hydrogen) atoms. The summed E-state index contributed by atoms with van der Waals surface area (Å²) in [6.45, 7) is 5.71. The topological polar surface area (TPSA) is 37.4 Å². The van der Waals surface area contributed by atoms with Gasteiger partial charge in [-0.15, -0.1) is 6.58 Å². The minimum absolute atomic E-state index is 0.161. The van der Waals surface area contributed by atoms with Crippen LogP contribution in [-0.2, 0) is 10.0 Å². The molecule has 0 atom stereocenters. The van der Waals surface area contributed by atoms with E-state index in [1.54, 1.807) is 48.5 Å². The molecule has 6 heteroatoms. The summed E-state index contributed by atoms with van der Waals surface area (Å²) in [5.74, 6) is 0. The monoisotopic (exact) mass is 399 g/mol. The third-order valence-corrected chi connectivity index (χ3v) is 6.14. The van der Waals surface area contributed by atoms with Gasteiger partial charge in [0.1, 0.15) is 0 Å². The Labute approximate surface area is 144 Å². The zero-order valence-electron chi connectivity index (χ0n) is 12.0. The first-order valence-electron chi connectivity index (χ1n) is 6.51. The molecule has 0 heterocycles. The molecule has 0 aliphatic rings. The molecule has 0 aliphatic carbocycles. The predicted octanol–water partition coefficient (Wildman–Crippen LogP) is 4.79. The average Bonchev–Trinajstić information content (AvgIpc) is 2.48. The summed E-state index contributed by atoms with van der Waals surface area (Å²) in [6, 6.07) is 11.8. The molecule has 0 bridgehead atoms. The van der Waals surface area contributed by atoms with E-state index in [0.717, 1.165) is 5.56 Å². The van der Waals surface area contributed by atoms with Crippen molar-refractivity contribution >= 4 is 43.2 Å². The molecule has 2 rings (SSSR count). The molecule has 0 saturated heterocycles. The Balaban J connectivity index is 2.52. The van der Waals surface area contributed by atoms with Crippen LogP contribution in [0.2, 0.25) is 5.02 Å². The Bertz CT molecular complexity index is 788. The summed E-state index contributed by atoms with van der Waals surface area (Å²) >= 11 is 9.38. The Morgan fingerprint density at radius 3 is 2.41 bits per heavy atom. The number of rotatable bonds is 5. The van der Waals surface area contributed by atoms with Crippen molar-refractivity contribution in [1.29, 1.82) is 0 Å². The quantitative estimate of drug-likeness (QED) is 0.677. The van der Waals surface area contributed by atoms with E-state index in [0.29, 0.717) is 15.2 Å². The SMILES string of the molecule is C=CCN(c1ccc(Br)c(Cl)c1)S(=O)(=O)c1ccc(C)cc1. The van der Waals surface area contributed by atoms with Gasteiger partial charge in [0.25, 0.3) is 10.0 Å². The van der Waals surface area contributed by atoms with Gasteiger partial charge in [0, 0.05) is 4.47 Å². The van der Waals surface area contributed by atoms with E-state index in [-0.39, 0.29) is 11.4 Å². The first kappa shape index (κ1) is 17.1. The van der Waals surface area contributed by atoms with Gasteiger partial charge >= 0.3 is 0 Å². The van der Waals surface area contributed by atoms with Crippen molar-refractivity contribution in [3.63, 3.8) is 0 Å². The summed E-state index contributed by atoms with van der Waals surface area (Å²) in [6.07, 6.45) is 1.54. The lowest BCUT2D eigenvalue weighted by Gasteiger charge is -2.23. The summed E-state index contributed by atoms with van der Waals surface area (Å²) in [5, 5.41) is 0.450. The smallest absolute Gasteiger partial charge is 0.262 e. The fourth-order valence-corrected chi connectivity index (χ4v) is 3.79. The van der Waals surface area contributed by atoms with Crippen LogP contribution in [0.15, 0.2) is 64.5 Å². The highest BCUT2D eigenvalue weighted by Gasteiger charge is 2.24. The summed E-state index contributed by atoms with van der Waals surface area (Å²) in [5.41, 5.74) is 1.49. The second-order valence-corrected chi connectivity index (χ2v) is 7.86. The van der Waals surface area contributed by atoms with Crippen molar-refractivity contribution < 1.29 is 8.42 Å². The van der Waals surface area contributed by atoms with E-state index >= 15 is 0 Å². The lowest BCUT2D eigenvalue weighted by Crippen LogP contribution is -2.31. The highest BCUT2D eigenvalue weighted by molar-refractivity contribution is 9.10. The standard InChI is InChI=1S/C16H15BrClNO2S/c1-3-10-19(13-6-9-15(17)16(18)11-13)22(20,21)14-7-4-12(2)5-8-14/h3-9,11H,1,10H2,2H3. The third-order valence-electron chi connectivity index (χ3n) is 3.10. The number of hydrogen-bond acceptors (Lipinski definition) is 2. The van der Waals surface area contributed by atoms with Crippen molar-refractivity contribution in [2.75, 3.05) is 10.8 Å². The van der Waals surface area contributed by atoms with Gasteiger partial charge in [0.15, 0.2) is 0 Å². The normalized spacial score (nSPS) is 11.2. The molecule has 3 nitrogen and oxygen atoms in total.